The van der Waals surface area contributed by atoms with E-state index < -0.39 is 0 Å². The van der Waals surface area contributed by atoms with Gasteiger partial charge in [-0.1, -0.05) is 0 Å². The molecule has 7 heteroatoms. The minimum Gasteiger partial charge on any atom is -0.353 e. The number of hydrogen-bond acceptors (Lipinski definition) is 5. The van der Waals surface area contributed by atoms with E-state index in [1.807, 2.05) is 30.7 Å². The first kappa shape index (κ1) is 18.1. The summed E-state index contributed by atoms with van der Waals surface area (Å²) in [6, 6.07) is 4.07. The molecule has 1 saturated heterocycles. The largest absolute Gasteiger partial charge is 0.353 e. The van der Waals surface area contributed by atoms with Crippen molar-refractivity contribution in [3.05, 3.63) is 36.4 Å². The summed E-state index contributed by atoms with van der Waals surface area (Å²) in [6.45, 7) is 5.81. The second kappa shape index (κ2) is 8.19. The van der Waals surface area contributed by atoms with Crippen LogP contribution in [0.3, 0.4) is 0 Å². The summed E-state index contributed by atoms with van der Waals surface area (Å²) in [4.78, 5) is 20.9. The van der Waals surface area contributed by atoms with Crippen LogP contribution in [0.5, 0.6) is 0 Å². The van der Waals surface area contributed by atoms with Crippen LogP contribution < -0.4 is 5.32 Å². The summed E-state index contributed by atoms with van der Waals surface area (Å²) >= 11 is 0. The molecule has 0 bridgehead atoms. The molecule has 1 aliphatic carbocycles. The van der Waals surface area contributed by atoms with E-state index in [0.717, 1.165) is 31.7 Å². The van der Waals surface area contributed by atoms with Crippen molar-refractivity contribution in [3.8, 4) is 11.1 Å². The minimum absolute atomic E-state index is 0.106. The van der Waals surface area contributed by atoms with Crippen LogP contribution in [0.2, 0.25) is 0 Å². The Morgan fingerprint density at radius 1 is 1.19 bits per heavy atom. The number of hydrogen-bond donors (Lipinski definition) is 1. The molecule has 2 fully saturated rings. The summed E-state index contributed by atoms with van der Waals surface area (Å²) in [7, 11) is 2.12. The second-order valence-electron chi connectivity index (χ2n) is 7.61. The lowest BCUT2D eigenvalue weighted by Gasteiger charge is -2.31. The Balaban J connectivity index is 1.32. The number of nitrogens with one attached hydrogen (secondary N) is 1. The Morgan fingerprint density at radius 3 is 2.63 bits per heavy atom. The number of carbonyl (C=O) groups excluding carboxylic acids is 1. The maximum atomic E-state index is 12.2. The van der Waals surface area contributed by atoms with Crippen molar-refractivity contribution < 1.29 is 4.79 Å². The number of carbonyl (C=O) groups is 1. The molecule has 27 heavy (non-hydrogen) atoms. The topological polar surface area (TPSA) is 66.3 Å². The molecule has 144 valence electrons. The first-order valence-electron chi connectivity index (χ1n) is 9.84. The van der Waals surface area contributed by atoms with Crippen LogP contribution in [0.25, 0.3) is 11.1 Å². The Labute approximate surface area is 160 Å². The molecule has 2 aliphatic rings. The van der Waals surface area contributed by atoms with Gasteiger partial charge in [0.25, 0.3) is 0 Å². The normalized spacial score (nSPS) is 18.6. The maximum absolute atomic E-state index is 12.2. The molecular weight excluding hydrogens is 340 g/mol. The highest BCUT2D eigenvalue weighted by molar-refractivity contribution is 5.78. The Hall–Kier alpha value is -2.25. The van der Waals surface area contributed by atoms with Gasteiger partial charge in [0.05, 0.1) is 19.3 Å². The zero-order valence-electron chi connectivity index (χ0n) is 16.0. The molecule has 0 unspecified atom stereocenters. The summed E-state index contributed by atoms with van der Waals surface area (Å²) in [5, 5.41) is 7.66. The van der Waals surface area contributed by atoms with Gasteiger partial charge in [0.2, 0.25) is 5.91 Å². The van der Waals surface area contributed by atoms with Gasteiger partial charge in [0.15, 0.2) is 0 Å². The standard InChI is InChI=1S/C20H28N6O/c1-24-10-12-25(13-11-24)15-19(27)22-8-9-26-20(17-2-3-17)18(14-23-26)16-4-6-21-7-5-16/h4-7,14,17H,2-3,8-13,15H2,1H3,(H,22,27). The van der Waals surface area contributed by atoms with Crippen molar-refractivity contribution >= 4 is 5.91 Å². The molecule has 0 spiro atoms. The third-order valence-electron chi connectivity index (χ3n) is 5.44. The van der Waals surface area contributed by atoms with E-state index in [1.165, 1.54) is 24.1 Å². The fourth-order valence-corrected chi connectivity index (χ4v) is 3.68. The van der Waals surface area contributed by atoms with Gasteiger partial charge in [-0.3, -0.25) is 19.4 Å². The summed E-state index contributed by atoms with van der Waals surface area (Å²) in [5.74, 6) is 0.700. The lowest BCUT2D eigenvalue weighted by molar-refractivity contribution is -0.122. The number of rotatable bonds is 7. The van der Waals surface area contributed by atoms with Gasteiger partial charge in [-0.15, -0.1) is 0 Å². The number of piperazine rings is 1. The molecule has 0 radical (unpaired) electrons. The zero-order valence-corrected chi connectivity index (χ0v) is 16.0. The van der Waals surface area contributed by atoms with E-state index in [9.17, 15) is 4.79 Å². The fraction of sp³-hybridized carbons (Fsp3) is 0.550. The summed E-state index contributed by atoms with van der Waals surface area (Å²) in [6.07, 6.45) is 8.04. The number of nitrogens with zero attached hydrogens (tertiary/aromatic N) is 5. The van der Waals surface area contributed by atoms with Crippen LogP contribution >= 0.6 is 0 Å². The molecule has 0 atom stereocenters. The van der Waals surface area contributed by atoms with Crippen LogP contribution in [-0.2, 0) is 11.3 Å². The predicted molar refractivity (Wildman–Crippen MR) is 104 cm³/mol. The van der Waals surface area contributed by atoms with Gasteiger partial charge in [0, 0.05) is 62.3 Å². The average Bonchev–Trinajstić information content (AvgIpc) is 3.44. The smallest absolute Gasteiger partial charge is 0.234 e. The Morgan fingerprint density at radius 2 is 1.93 bits per heavy atom. The molecule has 3 heterocycles. The quantitative estimate of drug-likeness (QED) is 0.795. The maximum Gasteiger partial charge on any atom is 0.234 e. The van der Waals surface area contributed by atoms with Gasteiger partial charge in [-0.05, 0) is 37.6 Å². The summed E-state index contributed by atoms with van der Waals surface area (Å²) < 4.78 is 2.07. The first-order chi connectivity index (χ1) is 13.2. The highest BCUT2D eigenvalue weighted by Crippen LogP contribution is 2.44. The monoisotopic (exact) mass is 368 g/mol. The molecular formula is C20H28N6O. The van der Waals surface area contributed by atoms with Gasteiger partial charge >= 0.3 is 0 Å². The molecule has 1 saturated carbocycles. The van der Waals surface area contributed by atoms with Crippen molar-refractivity contribution in [3.63, 3.8) is 0 Å². The number of likely N-dealkylation sites (N-methyl/N-ethyl adjacent to an activating group) is 1. The van der Waals surface area contributed by atoms with Gasteiger partial charge in [-0.25, -0.2) is 0 Å². The average molecular weight is 368 g/mol. The fourth-order valence-electron chi connectivity index (χ4n) is 3.68. The molecule has 2 aromatic rings. The van der Waals surface area contributed by atoms with Gasteiger partial charge in [-0.2, -0.15) is 5.10 Å². The first-order valence-corrected chi connectivity index (χ1v) is 9.84. The predicted octanol–water partition coefficient (Wildman–Crippen LogP) is 1.19. The lowest BCUT2D eigenvalue weighted by Crippen LogP contribution is -2.48. The van der Waals surface area contributed by atoms with Crippen molar-refractivity contribution in [2.75, 3.05) is 46.3 Å². The number of amides is 1. The van der Waals surface area contributed by atoms with Gasteiger partial charge in [0.1, 0.15) is 0 Å². The number of aromatic nitrogens is 3. The molecule has 2 aromatic heterocycles. The van der Waals surface area contributed by atoms with Gasteiger partial charge < -0.3 is 10.2 Å². The zero-order chi connectivity index (χ0) is 18.6. The lowest BCUT2D eigenvalue weighted by atomic mass is 10.1. The van der Waals surface area contributed by atoms with Crippen LogP contribution in [-0.4, -0.2) is 76.8 Å². The SMILES string of the molecule is CN1CCN(CC(=O)NCCn2ncc(-c3ccncc3)c2C2CC2)CC1. The third kappa shape index (κ3) is 4.54. The van der Waals surface area contributed by atoms with Crippen molar-refractivity contribution in [2.24, 2.45) is 0 Å². The molecule has 1 N–H and O–H groups in total. The molecule has 1 amide bonds. The van der Waals surface area contributed by atoms with E-state index in [2.05, 4.69) is 36.9 Å². The third-order valence-corrected chi connectivity index (χ3v) is 5.44. The number of pyridine rings is 1. The second-order valence-corrected chi connectivity index (χ2v) is 7.61. The van der Waals surface area contributed by atoms with Crippen LogP contribution in [0.1, 0.15) is 24.5 Å². The van der Waals surface area contributed by atoms with E-state index >= 15 is 0 Å². The van der Waals surface area contributed by atoms with Crippen LogP contribution in [0.15, 0.2) is 30.7 Å². The molecule has 0 aromatic carbocycles. The molecule has 1 aliphatic heterocycles. The van der Waals surface area contributed by atoms with Crippen molar-refractivity contribution in [1.82, 2.24) is 29.9 Å². The Kier molecular flexibility index (Phi) is 5.50. The van der Waals surface area contributed by atoms with E-state index in [1.54, 1.807) is 0 Å². The minimum atomic E-state index is 0.106. The molecule has 4 rings (SSSR count). The highest BCUT2D eigenvalue weighted by Gasteiger charge is 2.30. The van der Waals surface area contributed by atoms with Crippen molar-refractivity contribution in [1.29, 1.82) is 0 Å². The Bertz CT molecular complexity index is 762. The van der Waals surface area contributed by atoms with Crippen molar-refractivity contribution in [2.45, 2.75) is 25.3 Å². The van der Waals surface area contributed by atoms with Crippen LogP contribution in [0.4, 0.5) is 0 Å². The molecule has 7 nitrogen and oxygen atoms in total. The van der Waals surface area contributed by atoms with E-state index in [0.29, 0.717) is 25.6 Å². The van der Waals surface area contributed by atoms with E-state index in [4.69, 9.17) is 0 Å². The van der Waals surface area contributed by atoms with E-state index in [-0.39, 0.29) is 5.91 Å². The highest BCUT2D eigenvalue weighted by atomic mass is 16.2. The van der Waals surface area contributed by atoms with Crippen LogP contribution in [0, 0.1) is 0 Å². The summed E-state index contributed by atoms with van der Waals surface area (Å²) in [5.41, 5.74) is 3.66.